The number of amides is 1. The van der Waals surface area contributed by atoms with E-state index in [9.17, 15) is 4.79 Å². The molecule has 1 aromatic carbocycles. The zero-order valence-electron chi connectivity index (χ0n) is 13.8. The fourth-order valence-electron chi connectivity index (χ4n) is 3.27. The maximum absolute atomic E-state index is 11.4. The number of carbonyl (C=O) groups is 1. The number of aromatic nitrogens is 1. The van der Waals surface area contributed by atoms with Crippen molar-refractivity contribution < 1.29 is 4.79 Å². The smallest absolute Gasteiger partial charge is 0.247 e. The van der Waals surface area contributed by atoms with Gasteiger partial charge in [0.15, 0.2) is 0 Å². The molecule has 1 heterocycles. The van der Waals surface area contributed by atoms with Gasteiger partial charge in [0.25, 0.3) is 0 Å². The first kappa shape index (κ1) is 15.6. The molecule has 23 heavy (non-hydrogen) atoms. The van der Waals surface area contributed by atoms with Crippen molar-refractivity contribution in [2.75, 3.05) is 5.32 Å². The first-order valence-corrected chi connectivity index (χ1v) is 8.46. The third kappa shape index (κ3) is 3.39. The Hall–Kier alpha value is -2.29. The quantitative estimate of drug-likeness (QED) is 0.615. The van der Waals surface area contributed by atoms with E-state index in [-0.39, 0.29) is 5.91 Å². The summed E-state index contributed by atoms with van der Waals surface area (Å²) in [5, 5.41) is 2.84. The van der Waals surface area contributed by atoms with E-state index in [0.29, 0.717) is 0 Å². The fraction of sp³-hybridized carbons (Fsp3) is 0.350. The average Bonchev–Trinajstić information content (AvgIpc) is 2.98. The maximum Gasteiger partial charge on any atom is 0.247 e. The highest BCUT2D eigenvalue weighted by molar-refractivity contribution is 5.99. The van der Waals surface area contributed by atoms with Crippen LogP contribution in [0.15, 0.2) is 43.2 Å². The van der Waals surface area contributed by atoms with Crippen LogP contribution >= 0.6 is 0 Å². The molecule has 1 aliphatic carbocycles. The van der Waals surface area contributed by atoms with Gasteiger partial charge >= 0.3 is 0 Å². The number of unbranched alkanes of at least 4 members (excludes halogenated alkanes) is 2. The van der Waals surface area contributed by atoms with Gasteiger partial charge in [0.05, 0.1) is 0 Å². The van der Waals surface area contributed by atoms with Crippen LogP contribution in [-0.4, -0.2) is 10.5 Å². The summed E-state index contributed by atoms with van der Waals surface area (Å²) in [4.78, 5) is 11.4. The molecule has 1 aliphatic rings. The molecule has 3 nitrogen and oxygen atoms in total. The second-order valence-corrected chi connectivity index (χ2v) is 6.21. The number of anilines is 1. The molecule has 3 rings (SSSR count). The number of benzene rings is 1. The van der Waals surface area contributed by atoms with E-state index in [4.69, 9.17) is 0 Å². The molecule has 1 N–H and O–H groups in total. The third-order valence-corrected chi connectivity index (χ3v) is 4.49. The summed E-state index contributed by atoms with van der Waals surface area (Å²) in [6.45, 7) is 6.83. The molecule has 0 bridgehead atoms. The molecule has 0 aliphatic heterocycles. The lowest BCUT2D eigenvalue weighted by atomic mass is 9.88. The van der Waals surface area contributed by atoms with E-state index >= 15 is 0 Å². The van der Waals surface area contributed by atoms with E-state index in [1.165, 1.54) is 47.6 Å². The second-order valence-electron chi connectivity index (χ2n) is 6.21. The molecule has 0 saturated heterocycles. The van der Waals surface area contributed by atoms with Crippen molar-refractivity contribution in [2.24, 2.45) is 0 Å². The van der Waals surface area contributed by atoms with Crippen molar-refractivity contribution >= 4 is 11.6 Å². The van der Waals surface area contributed by atoms with Crippen LogP contribution in [0.25, 0.3) is 11.1 Å². The van der Waals surface area contributed by atoms with E-state index < -0.39 is 0 Å². The molecule has 0 atom stereocenters. The van der Waals surface area contributed by atoms with Gasteiger partial charge in [0.1, 0.15) is 0 Å². The van der Waals surface area contributed by atoms with Crippen LogP contribution in [0, 0.1) is 0 Å². The van der Waals surface area contributed by atoms with Gasteiger partial charge in [-0.05, 0) is 54.2 Å². The van der Waals surface area contributed by atoms with Gasteiger partial charge in [-0.3, -0.25) is 4.79 Å². The number of fused-ring (bicyclic) bond motifs is 3. The van der Waals surface area contributed by atoms with Crippen LogP contribution in [0.1, 0.15) is 37.3 Å². The maximum atomic E-state index is 11.4. The molecule has 1 amide bonds. The lowest BCUT2D eigenvalue weighted by molar-refractivity contribution is -0.111. The van der Waals surface area contributed by atoms with Crippen LogP contribution in [0.5, 0.6) is 0 Å². The minimum atomic E-state index is -0.163. The molecule has 0 spiro atoms. The van der Waals surface area contributed by atoms with Crippen LogP contribution in [0.3, 0.4) is 0 Å². The van der Waals surface area contributed by atoms with Gasteiger partial charge in [-0.25, -0.2) is 0 Å². The Labute approximate surface area is 138 Å². The lowest BCUT2D eigenvalue weighted by Gasteiger charge is -2.17. The van der Waals surface area contributed by atoms with Gasteiger partial charge in [-0.15, -0.1) is 0 Å². The summed E-state index contributed by atoms with van der Waals surface area (Å²) in [5.41, 5.74) is 6.25. The summed E-state index contributed by atoms with van der Waals surface area (Å²) in [6, 6.07) is 6.19. The number of hydrogen-bond acceptors (Lipinski definition) is 1. The van der Waals surface area contributed by atoms with Crippen LogP contribution in [-0.2, 0) is 24.2 Å². The standard InChI is InChI=1S/C20H24N2O/c1-3-5-6-11-22-13-16-8-7-15-12-17(21-20(23)4-2)9-10-18(15)19(16)14-22/h4,9-10,12-14H,2-3,5-8,11H2,1H3,(H,21,23). The number of hydrogen-bond donors (Lipinski definition) is 1. The van der Waals surface area contributed by atoms with E-state index in [2.05, 4.69) is 47.9 Å². The van der Waals surface area contributed by atoms with E-state index in [0.717, 1.165) is 25.1 Å². The van der Waals surface area contributed by atoms with Crippen molar-refractivity contribution in [1.29, 1.82) is 0 Å². The van der Waals surface area contributed by atoms with Gasteiger partial charge in [0, 0.05) is 30.2 Å². The Kier molecular flexibility index (Phi) is 4.65. The van der Waals surface area contributed by atoms with E-state index in [1.807, 2.05) is 6.07 Å². The van der Waals surface area contributed by atoms with Crippen molar-refractivity contribution in [3.05, 3.63) is 54.4 Å². The normalized spacial score (nSPS) is 12.4. The molecule has 1 aromatic heterocycles. The Morgan fingerprint density at radius 1 is 1.22 bits per heavy atom. The molecule has 120 valence electrons. The zero-order chi connectivity index (χ0) is 16.2. The predicted molar refractivity (Wildman–Crippen MR) is 95.6 cm³/mol. The molecule has 3 heteroatoms. The summed E-state index contributed by atoms with van der Waals surface area (Å²) >= 11 is 0. The minimum absolute atomic E-state index is 0.163. The van der Waals surface area contributed by atoms with Crippen LogP contribution < -0.4 is 5.32 Å². The largest absolute Gasteiger partial charge is 0.353 e. The topological polar surface area (TPSA) is 34.0 Å². The Balaban J connectivity index is 1.83. The molecule has 0 saturated carbocycles. The SMILES string of the molecule is C=CC(=O)Nc1ccc2c(c1)CCc1cn(CCCCC)cc1-2. The zero-order valence-corrected chi connectivity index (χ0v) is 13.8. The summed E-state index contributed by atoms with van der Waals surface area (Å²) in [5.74, 6) is -0.163. The van der Waals surface area contributed by atoms with Crippen molar-refractivity contribution in [2.45, 2.75) is 45.6 Å². The number of nitrogens with zero attached hydrogens (tertiary/aromatic N) is 1. The van der Waals surface area contributed by atoms with Crippen LogP contribution in [0.2, 0.25) is 0 Å². The van der Waals surface area contributed by atoms with Gasteiger partial charge in [-0.2, -0.15) is 0 Å². The van der Waals surface area contributed by atoms with Gasteiger partial charge in [0.2, 0.25) is 5.91 Å². The summed E-state index contributed by atoms with van der Waals surface area (Å²) < 4.78 is 2.34. The predicted octanol–water partition coefficient (Wildman–Crippen LogP) is 4.57. The summed E-state index contributed by atoms with van der Waals surface area (Å²) in [7, 11) is 0. The van der Waals surface area contributed by atoms with Gasteiger partial charge < -0.3 is 9.88 Å². The minimum Gasteiger partial charge on any atom is -0.353 e. The second kappa shape index (κ2) is 6.86. The summed E-state index contributed by atoms with van der Waals surface area (Å²) in [6.07, 6.45) is 11.8. The van der Waals surface area contributed by atoms with Crippen molar-refractivity contribution in [3.8, 4) is 11.1 Å². The van der Waals surface area contributed by atoms with E-state index in [1.54, 1.807) is 0 Å². The number of nitrogens with one attached hydrogen (secondary N) is 1. The number of carbonyl (C=O) groups excluding carboxylic acids is 1. The first-order chi connectivity index (χ1) is 11.2. The highest BCUT2D eigenvalue weighted by Crippen LogP contribution is 2.35. The average molecular weight is 308 g/mol. The van der Waals surface area contributed by atoms with Gasteiger partial charge in [-0.1, -0.05) is 32.4 Å². The third-order valence-electron chi connectivity index (χ3n) is 4.49. The van der Waals surface area contributed by atoms with Crippen LogP contribution in [0.4, 0.5) is 5.69 Å². The highest BCUT2D eigenvalue weighted by atomic mass is 16.1. The number of rotatable bonds is 6. The molecule has 0 unspecified atom stereocenters. The Bertz CT molecular complexity index is 727. The van der Waals surface area contributed by atoms with Crippen molar-refractivity contribution in [3.63, 3.8) is 0 Å². The van der Waals surface area contributed by atoms with Crippen molar-refractivity contribution in [1.82, 2.24) is 4.57 Å². The number of aryl methyl sites for hydroxylation is 3. The Morgan fingerprint density at radius 3 is 2.83 bits per heavy atom. The molecule has 2 aromatic rings. The fourth-order valence-corrected chi connectivity index (χ4v) is 3.27. The Morgan fingerprint density at radius 2 is 2.04 bits per heavy atom. The molecular weight excluding hydrogens is 284 g/mol. The lowest BCUT2D eigenvalue weighted by Crippen LogP contribution is -2.09. The molecule has 0 fully saturated rings. The molecular formula is C20H24N2O. The first-order valence-electron chi connectivity index (χ1n) is 8.46. The monoisotopic (exact) mass is 308 g/mol. The highest BCUT2D eigenvalue weighted by Gasteiger charge is 2.18. The molecule has 0 radical (unpaired) electrons.